The molecule has 1 rings (SSSR count). The molecule has 5 nitrogen and oxygen atoms in total. The summed E-state index contributed by atoms with van der Waals surface area (Å²) in [6.45, 7) is 4.51. The lowest BCUT2D eigenvalue weighted by Gasteiger charge is -2.19. The number of methoxy groups -OCH3 is 1. The van der Waals surface area contributed by atoms with Gasteiger partial charge in [-0.2, -0.15) is 0 Å². The average molecular weight is 345 g/mol. The lowest BCUT2D eigenvalue weighted by Crippen LogP contribution is -2.38. The third-order valence-corrected chi connectivity index (χ3v) is 3.23. The fourth-order valence-electron chi connectivity index (χ4n) is 1.65. The van der Waals surface area contributed by atoms with Crippen LogP contribution in [0.2, 0.25) is 0 Å². The van der Waals surface area contributed by atoms with E-state index >= 15 is 0 Å². The predicted molar refractivity (Wildman–Crippen MR) is 81.7 cm³/mol. The van der Waals surface area contributed by atoms with Crippen LogP contribution in [0.15, 0.2) is 22.7 Å². The van der Waals surface area contributed by atoms with Crippen molar-refractivity contribution in [2.24, 2.45) is 5.73 Å². The number of nitrogens with two attached hydrogens (primary N) is 1. The molecule has 0 aliphatic rings. The van der Waals surface area contributed by atoms with E-state index in [4.69, 9.17) is 15.2 Å². The van der Waals surface area contributed by atoms with E-state index in [0.717, 1.165) is 10.0 Å². The van der Waals surface area contributed by atoms with Gasteiger partial charge >= 0.3 is 0 Å². The Bertz CT molecular complexity index is 452. The Labute approximate surface area is 127 Å². The fraction of sp³-hybridized carbons (Fsp3) is 0.500. The molecule has 0 fully saturated rings. The molecular formula is C14H21BrN2O3. The van der Waals surface area contributed by atoms with E-state index in [1.807, 2.05) is 25.1 Å². The van der Waals surface area contributed by atoms with E-state index < -0.39 is 6.10 Å². The van der Waals surface area contributed by atoms with Crippen molar-refractivity contribution in [3.63, 3.8) is 0 Å². The van der Waals surface area contributed by atoms with Crippen molar-refractivity contribution in [3.05, 3.63) is 28.2 Å². The van der Waals surface area contributed by atoms with Crippen molar-refractivity contribution < 1.29 is 14.3 Å². The Morgan fingerprint density at radius 2 is 2.15 bits per heavy atom. The Morgan fingerprint density at radius 1 is 1.45 bits per heavy atom. The van der Waals surface area contributed by atoms with Gasteiger partial charge in [-0.25, -0.2) is 0 Å². The average Bonchev–Trinajstić information content (AvgIpc) is 2.40. The molecule has 0 saturated carbocycles. The van der Waals surface area contributed by atoms with Gasteiger partial charge in [0.25, 0.3) is 5.91 Å². The van der Waals surface area contributed by atoms with Crippen molar-refractivity contribution in [2.45, 2.75) is 26.0 Å². The zero-order valence-corrected chi connectivity index (χ0v) is 13.6. The summed E-state index contributed by atoms with van der Waals surface area (Å²) in [6, 6.07) is 5.39. The summed E-state index contributed by atoms with van der Waals surface area (Å²) in [5, 5.41) is 2.73. The molecule has 0 heterocycles. The second-order valence-corrected chi connectivity index (χ2v) is 5.43. The molecule has 0 saturated heterocycles. The van der Waals surface area contributed by atoms with Gasteiger partial charge in [-0.3, -0.25) is 4.79 Å². The number of benzene rings is 1. The molecule has 6 heteroatoms. The first kappa shape index (κ1) is 16.9. The number of hydrogen-bond donors (Lipinski definition) is 2. The van der Waals surface area contributed by atoms with E-state index in [2.05, 4.69) is 21.2 Å². The van der Waals surface area contributed by atoms with E-state index in [-0.39, 0.29) is 11.9 Å². The van der Waals surface area contributed by atoms with Crippen molar-refractivity contribution in [3.8, 4) is 5.75 Å². The zero-order chi connectivity index (χ0) is 15.1. The highest BCUT2D eigenvalue weighted by molar-refractivity contribution is 9.10. The summed E-state index contributed by atoms with van der Waals surface area (Å²) in [7, 11) is 1.59. The Morgan fingerprint density at radius 3 is 2.75 bits per heavy atom. The third kappa shape index (κ3) is 5.11. The number of nitrogens with one attached hydrogen (secondary N) is 1. The van der Waals surface area contributed by atoms with Crippen LogP contribution in [0.3, 0.4) is 0 Å². The molecule has 0 bridgehead atoms. The highest BCUT2D eigenvalue weighted by atomic mass is 79.9. The lowest BCUT2D eigenvalue weighted by molar-refractivity contribution is -0.127. The van der Waals surface area contributed by atoms with Crippen LogP contribution in [0.5, 0.6) is 5.75 Å². The van der Waals surface area contributed by atoms with Crippen LogP contribution in [-0.2, 0) is 9.53 Å². The van der Waals surface area contributed by atoms with Gasteiger partial charge in [0, 0.05) is 29.7 Å². The first-order chi connectivity index (χ1) is 9.45. The monoisotopic (exact) mass is 344 g/mol. The van der Waals surface area contributed by atoms with Crippen molar-refractivity contribution in [2.75, 3.05) is 20.3 Å². The topological polar surface area (TPSA) is 73.6 Å². The zero-order valence-electron chi connectivity index (χ0n) is 12.0. The maximum absolute atomic E-state index is 11.8. The number of amides is 1. The molecule has 20 heavy (non-hydrogen) atoms. The van der Waals surface area contributed by atoms with E-state index in [9.17, 15) is 4.79 Å². The van der Waals surface area contributed by atoms with E-state index in [0.29, 0.717) is 18.9 Å². The van der Waals surface area contributed by atoms with Crippen LogP contribution in [0.1, 0.15) is 25.5 Å². The van der Waals surface area contributed by atoms with Gasteiger partial charge in [-0.15, -0.1) is 0 Å². The second-order valence-electron chi connectivity index (χ2n) is 4.51. The number of ether oxygens (including phenoxy) is 2. The Hall–Kier alpha value is -1.11. The molecule has 0 aliphatic carbocycles. The molecule has 3 N–H and O–H groups in total. The number of carbonyl (C=O) groups is 1. The normalized spacial score (nSPS) is 13.7. The maximum atomic E-state index is 11.8. The van der Waals surface area contributed by atoms with Gasteiger partial charge in [0.1, 0.15) is 5.75 Å². The first-order valence-electron chi connectivity index (χ1n) is 6.44. The molecule has 0 aliphatic heterocycles. The van der Waals surface area contributed by atoms with E-state index in [1.165, 1.54) is 0 Å². The molecule has 0 spiro atoms. The fourth-order valence-corrected chi connectivity index (χ4v) is 2.03. The number of hydrogen-bond acceptors (Lipinski definition) is 4. The number of carbonyl (C=O) groups excluding carboxylic acids is 1. The SMILES string of the molecule is COCCNC(=O)C(C)Oc1ccc(Br)cc1[C@@H](C)N. The summed E-state index contributed by atoms with van der Waals surface area (Å²) in [5.74, 6) is 0.443. The third-order valence-electron chi connectivity index (χ3n) is 2.74. The molecule has 1 aromatic carbocycles. The van der Waals surface area contributed by atoms with Gasteiger partial charge < -0.3 is 20.5 Å². The largest absolute Gasteiger partial charge is 0.481 e. The van der Waals surface area contributed by atoms with Crippen LogP contribution in [0, 0.1) is 0 Å². The number of halogens is 1. The summed E-state index contributed by atoms with van der Waals surface area (Å²) in [6.07, 6.45) is -0.592. The van der Waals surface area contributed by atoms with Gasteiger partial charge in [0.15, 0.2) is 6.10 Å². The van der Waals surface area contributed by atoms with Crippen molar-refractivity contribution in [1.82, 2.24) is 5.32 Å². The summed E-state index contributed by atoms with van der Waals surface area (Å²) < 4.78 is 11.5. The predicted octanol–water partition coefficient (Wildman–Crippen LogP) is 2.00. The minimum Gasteiger partial charge on any atom is -0.481 e. The quantitative estimate of drug-likeness (QED) is 0.742. The molecule has 0 radical (unpaired) electrons. The highest BCUT2D eigenvalue weighted by Crippen LogP contribution is 2.28. The number of rotatable bonds is 7. The van der Waals surface area contributed by atoms with Crippen LogP contribution < -0.4 is 15.8 Å². The molecule has 112 valence electrons. The molecule has 2 atom stereocenters. The first-order valence-corrected chi connectivity index (χ1v) is 7.23. The van der Waals surface area contributed by atoms with Gasteiger partial charge in [-0.05, 0) is 32.0 Å². The Balaban J connectivity index is 2.70. The Kier molecular flexibility index (Phi) is 6.98. The van der Waals surface area contributed by atoms with E-state index in [1.54, 1.807) is 14.0 Å². The maximum Gasteiger partial charge on any atom is 0.260 e. The van der Waals surface area contributed by atoms with Gasteiger partial charge in [0.2, 0.25) is 0 Å². The minimum absolute atomic E-state index is 0.175. The summed E-state index contributed by atoms with van der Waals surface area (Å²) >= 11 is 3.40. The van der Waals surface area contributed by atoms with Crippen molar-refractivity contribution in [1.29, 1.82) is 0 Å². The summed E-state index contributed by atoms with van der Waals surface area (Å²) in [4.78, 5) is 11.8. The summed E-state index contributed by atoms with van der Waals surface area (Å²) in [5.41, 5.74) is 6.77. The highest BCUT2D eigenvalue weighted by Gasteiger charge is 2.17. The van der Waals surface area contributed by atoms with Crippen LogP contribution in [0.4, 0.5) is 0 Å². The molecule has 0 aromatic heterocycles. The van der Waals surface area contributed by atoms with Gasteiger partial charge in [0.05, 0.1) is 6.61 Å². The van der Waals surface area contributed by atoms with Crippen LogP contribution in [-0.4, -0.2) is 32.3 Å². The molecule has 1 aromatic rings. The molecule has 1 unspecified atom stereocenters. The molecule has 1 amide bonds. The minimum atomic E-state index is -0.592. The van der Waals surface area contributed by atoms with Gasteiger partial charge in [-0.1, -0.05) is 15.9 Å². The second kappa shape index (κ2) is 8.24. The van der Waals surface area contributed by atoms with Crippen LogP contribution >= 0.6 is 15.9 Å². The standard InChI is InChI=1S/C14H21BrN2O3/c1-9(16)12-8-11(15)4-5-13(12)20-10(2)14(18)17-6-7-19-3/h4-5,8-10H,6-7,16H2,1-3H3,(H,17,18)/t9-,10?/m1/s1. The smallest absolute Gasteiger partial charge is 0.260 e. The van der Waals surface area contributed by atoms with Crippen LogP contribution in [0.25, 0.3) is 0 Å². The van der Waals surface area contributed by atoms with Crippen molar-refractivity contribution >= 4 is 21.8 Å². The lowest BCUT2D eigenvalue weighted by atomic mass is 10.1. The molecular weight excluding hydrogens is 324 g/mol.